The number of amides is 1. The zero-order valence-electron chi connectivity index (χ0n) is 10.9. The number of hydrogen-bond acceptors (Lipinski definition) is 4. The van der Waals surface area contributed by atoms with Gasteiger partial charge in [-0.1, -0.05) is 25.6 Å². The Balaban J connectivity index is 2.42. The maximum Gasteiger partial charge on any atom is 0.230 e. The van der Waals surface area contributed by atoms with E-state index in [4.69, 9.17) is 0 Å². The topological polar surface area (TPSA) is 59.8 Å². The molecule has 0 unspecified atom stereocenters. The number of thioether (sulfide) groups is 1. The number of aromatic nitrogens is 3. The molecule has 17 heavy (non-hydrogen) atoms. The normalized spacial score (nSPS) is 10.9. The SMILES string of the molecule is CCn1c(C)nnc1SCC(=O)NCC(C)C. The van der Waals surface area contributed by atoms with Crippen LogP contribution < -0.4 is 5.32 Å². The number of nitrogens with zero attached hydrogens (tertiary/aromatic N) is 3. The zero-order chi connectivity index (χ0) is 12.8. The number of hydrogen-bond donors (Lipinski definition) is 1. The number of carbonyl (C=O) groups excluding carboxylic acids is 1. The largest absolute Gasteiger partial charge is 0.355 e. The van der Waals surface area contributed by atoms with Gasteiger partial charge in [-0.3, -0.25) is 4.79 Å². The number of carbonyl (C=O) groups is 1. The third kappa shape index (κ3) is 4.38. The van der Waals surface area contributed by atoms with Crippen LogP contribution in [0, 0.1) is 12.8 Å². The lowest BCUT2D eigenvalue weighted by atomic mass is 10.2. The molecule has 1 aromatic heterocycles. The first-order valence-electron chi connectivity index (χ1n) is 5.83. The Bertz CT molecular complexity index is 376. The molecule has 0 bridgehead atoms. The monoisotopic (exact) mass is 256 g/mol. The van der Waals surface area contributed by atoms with E-state index in [1.807, 2.05) is 18.4 Å². The van der Waals surface area contributed by atoms with Gasteiger partial charge in [0, 0.05) is 13.1 Å². The van der Waals surface area contributed by atoms with Crippen LogP contribution in [0.5, 0.6) is 0 Å². The van der Waals surface area contributed by atoms with E-state index in [1.165, 1.54) is 11.8 Å². The summed E-state index contributed by atoms with van der Waals surface area (Å²) < 4.78 is 2.00. The second-order valence-corrected chi connectivity index (χ2v) is 5.20. The van der Waals surface area contributed by atoms with Crippen molar-refractivity contribution < 1.29 is 4.79 Å². The van der Waals surface area contributed by atoms with Crippen molar-refractivity contribution in [2.75, 3.05) is 12.3 Å². The summed E-state index contributed by atoms with van der Waals surface area (Å²) in [5.74, 6) is 1.81. The highest BCUT2D eigenvalue weighted by Crippen LogP contribution is 2.16. The van der Waals surface area contributed by atoms with Gasteiger partial charge in [0.25, 0.3) is 0 Å². The van der Waals surface area contributed by atoms with Crippen LogP contribution >= 0.6 is 11.8 Å². The Morgan fingerprint density at radius 1 is 1.47 bits per heavy atom. The third-order valence-electron chi connectivity index (χ3n) is 2.26. The van der Waals surface area contributed by atoms with E-state index in [2.05, 4.69) is 29.4 Å². The maximum absolute atomic E-state index is 11.5. The maximum atomic E-state index is 11.5. The first-order valence-corrected chi connectivity index (χ1v) is 6.82. The summed E-state index contributed by atoms with van der Waals surface area (Å²) in [4.78, 5) is 11.5. The van der Waals surface area contributed by atoms with E-state index in [-0.39, 0.29) is 5.91 Å². The average molecular weight is 256 g/mol. The molecule has 0 saturated heterocycles. The second kappa shape index (κ2) is 6.64. The molecule has 1 amide bonds. The molecule has 0 radical (unpaired) electrons. The van der Waals surface area contributed by atoms with Crippen LogP contribution in [0.15, 0.2) is 5.16 Å². The van der Waals surface area contributed by atoms with Crippen LogP contribution in [0.2, 0.25) is 0 Å². The van der Waals surface area contributed by atoms with Gasteiger partial charge >= 0.3 is 0 Å². The molecule has 1 heterocycles. The summed E-state index contributed by atoms with van der Waals surface area (Å²) >= 11 is 1.43. The second-order valence-electron chi connectivity index (χ2n) is 4.26. The van der Waals surface area contributed by atoms with Gasteiger partial charge in [0.15, 0.2) is 5.16 Å². The van der Waals surface area contributed by atoms with Crippen LogP contribution in [0.25, 0.3) is 0 Å². The zero-order valence-corrected chi connectivity index (χ0v) is 11.7. The lowest BCUT2D eigenvalue weighted by Gasteiger charge is -2.07. The van der Waals surface area contributed by atoms with E-state index >= 15 is 0 Å². The van der Waals surface area contributed by atoms with Crippen molar-refractivity contribution in [3.63, 3.8) is 0 Å². The van der Waals surface area contributed by atoms with E-state index in [1.54, 1.807) is 0 Å². The van der Waals surface area contributed by atoms with Gasteiger partial charge in [-0.2, -0.15) is 0 Å². The quantitative estimate of drug-likeness (QED) is 0.783. The summed E-state index contributed by atoms with van der Waals surface area (Å²) in [6.07, 6.45) is 0. The minimum absolute atomic E-state index is 0.0482. The van der Waals surface area contributed by atoms with Crippen LogP contribution in [0.1, 0.15) is 26.6 Å². The summed E-state index contributed by atoms with van der Waals surface area (Å²) in [6.45, 7) is 9.65. The van der Waals surface area contributed by atoms with E-state index in [0.29, 0.717) is 11.7 Å². The van der Waals surface area contributed by atoms with E-state index in [0.717, 1.165) is 24.1 Å². The van der Waals surface area contributed by atoms with Crippen molar-refractivity contribution in [3.05, 3.63) is 5.82 Å². The summed E-state index contributed by atoms with van der Waals surface area (Å²) in [5, 5.41) is 11.7. The highest BCUT2D eigenvalue weighted by molar-refractivity contribution is 7.99. The minimum Gasteiger partial charge on any atom is -0.355 e. The molecule has 0 saturated carbocycles. The fraction of sp³-hybridized carbons (Fsp3) is 0.727. The molecule has 0 spiro atoms. The predicted octanol–water partition coefficient (Wildman–Crippen LogP) is 1.47. The average Bonchev–Trinajstić information content (AvgIpc) is 2.64. The van der Waals surface area contributed by atoms with Crippen molar-refractivity contribution in [2.45, 2.75) is 39.4 Å². The first-order chi connectivity index (χ1) is 8.04. The summed E-state index contributed by atoms with van der Waals surface area (Å²) in [5.41, 5.74) is 0. The first kappa shape index (κ1) is 14.0. The summed E-state index contributed by atoms with van der Waals surface area (Å²) in [6, 6.07) is 0. The Morgan fingerprint density at radius 3 is 2.76 bits per heavy atom. The smallest absolute Gasteiger partial charge is 0.230 e. The molecule has 1 aromatic rings. The molecule has 96 valence electrons. The fourth-order valence-corrected chi connectivity index (χ4v) is 2.21. The van der Waals surface area contributed by atoms with Crippen molar-refractivity contribution in [1.29, 1.82) is 0 Å². The summed E-state index contributed by atoms with van der Waals surface area (Å²) in [7, 11) is 0. The van der Waals surface area contributed by atoms with Crippen LogP contribution in [0.3, 0.4) is 0 Å². The van der Waals surface area contributed by atoms with Crippen molar-refractivity contribution in [1.82, 2.24) is 20.1 Å². The molecule has 0 aliphatic heterocycles. The Kier molecular flexibility index (Phi) is 5.47. The highest BCUT2D eigenvalue weighted by Gasteiger charge is 2.10. The van der Waals surface area contributed by atoms with E-state index in [9.17, 15) is 4.79 Å². The van der Waals surface area contributed by atoms with Crippen LogP contribution in [-0.2, 0) is 11.3 Å². The molecule has 6 heteroatoms. The Labute approximate surface area is 106 Å². The highest BCUT2D eigenvalue weighted by atomic mass is 32.2. The van der Waals surface area contributed by atoms with Crippen molar-refractivity contribution in [2.24, 2.45) is 5.92 Å². The number of nitrogens with one attached hydrogen (secondary N) is 1. The lowest BCUT2D eigenvalue weighted by Crippen LogP contribution is -2.28. The van der Waals surface area contributed by atoms with Gasteiger partial charge in [-0.15, -0.1) is 10.2 Å². The Morgan fingerprint density at radius 2 is 2.18 bits per heavy atom. The van der Waals surface area contributed by atoms with Crippen LogP contribution in [0.4, 0.5) is 0 Å². The van der Waals surface area contributed by atoms with Gasteiger partial charge in [0.2, 0.25) is 5.91 Å². The molecule has 0 aliphatic carbocycles. The molecular weight excluding hydrogens is 236 g/mol. The molecule has 0 aliphatic rings. The van der Waals surface area contributed by atoms with Crippen LogP contribution in [-0.4, -0.2) is 33.0 Å². The predicted molar refractivity (Wildman–Crippen MR) is 69.0 cm³/mol. The Hall–Kier alpha value is -1.04. The van der Waals surface area contributed by atoms with Gasteiger partial charge in [-0.05, 0) is 19.8 Å². The van der Waals surface area contributed by atoms with Gasteiger partial charge in [0.1, 0.15) is 5.82 Å². The molecule has 5 nitrogen and oxygen atoms in total. The van der Waals surface area contributed by atoms with Crippen molar-refractivity contribution in [3.8, 4) is 0 Å². The molecule has 1 rings (SSSR count). The van der Waals surface area contributed by atoms with Gasteiger partial charge in [0.05, 0.1) is 5.75 Å². The minimum atomic E-state index is 0.0482. The molecule has 0 atom stereocenters. The van der Waals surface area contributed by atoms with E-state index < -0.39 is 0 Å². The van der Waals surface area contributed by atoms with Crippen molar-refractivity contribution >= 4 is 17.7 Å². The molecule has 0 fully saturated rings. The molecule has 0 aromatic carbocycles. The fourth-order valence-electron chi connectivity index (χ4n) is 1.33. The molecule has 1 N–H and O–H groups in total. The third-order valence-corrected chi connectivity index (χ3v) is 3.22. The standard InChI is InChI=1S/C11H20N4OS/c1-5-15-9(4)13-14-11(15)17-7-10(16)12-6-8(2)3/h8H,5-7H2,1-4H3,(H,12,16). The number of rotatable bonds is 6. The number of aryl methyl sites for hydroxylation is 1. The van der Waals surface area contributed by atoms with Gasteiger partial charge in [-0.25, -0.2) is 0 Å². The molecular formula is C11H20N4OS. The lowest BCUT2D eigenvalue weighted by molar-refractivity contribution is -0.118. The van der Waals surface area contributed by atoms with Gasteiger partial charge < -0.3 is 9.88 Å².